The lowest BCUT2D eigenvalue weighted by Gasteiger charge is -2.41. The van der Waals surface area contributed by atoms with Crippen molar-refractivity contribution in [2.45, 2.75) is 45.1 Å². The highest BCUT2D eigenvalue weighted by molar-refractivity contribution is 5.38. The highest BCUT2D eigenvalue weighted by Gasteiger charge is 2.25. The van der Waals surface area contributed by atoms with E-state index in [1.54, 1.807) is 0 Å². The highest BCUT2D eigenvalue weighted by Crippen LogP contribution is 2.17. The summed E-state index contributed by atoms with van der Waals surface area (Å²) in [4.78, 5) is 12.3. The minimum atomic E-state index is 0.721. The van der Waals surface area contributed by atoms with Crippen molar-refractivity contribution in [3.63, 3.8) is 0 Å². The average Bonchev–Trinajstić information content (AvgIpc) is 2.89. The zero-order chi connectivity index (χ0) is 15.9. The van der Waals surface area contributed by atoms with E-state index in [2.05, 4.69) is 38.7 Å². The van der Waals surface area contributed by atoms with Crippen LogP contribution in [0.1, 0.15) is 39.0 Å². The molecule has 1 atom stereocenters. The maximum atomic E-state index is 4.50. The molecule has 0 aromatic carbocycles. The predicted octanol–water partition coefficient (Wildman–Crippen LogP) is 2.86. The van der Waals surface area contributed by atoms with Crippen LogP contribution in [0.5, 0.6) is 0 Å². The molecule has 0 aliphatic carbocycles. The Bertz CT molecular complexity index is 434. The van der Waals surface area contributed by atoms with E-state index in [-0.39, 0.29) is 0 Å². The van der Waals surface area contributed by atoms with Crippen molar-refractivity contribution in [2.24, 2.45) is 0 Å². The third-order valence-electron chi connectivity index (χ3n) is 5.44. The van der Waals surface area contributed by atoms with Crippen LogP contribution < -0.4 is 4.90 Å². The highest BCUT2D eigenvalue weighted by atomic mass is 15.3. The van der Waals surface area contributed by atoms with Crippen molar-refractivity contribution in [1.29, 1.82) is 0 Å². The molecule has 23 heavy (non-hydrogen) atoms. The number of rotatable bonds is 5. The van der Waals surface area contributed by atoms with E-state index in [0.29, 0.717) is 0 Å². The van der Waals surface area contributed by atoms with Crippen molar-refractivity contribution in [1.82, 2.24) is 14.8 Å². The van der Waals surface area contributed by atoms with Gasteiger partial charge in [-0.3, -0.25) is 4.90 Å². The summed E-state index contributed by atoms with van der Waals surface area (Å²) in [7, 11) is 0. The van der Waals surface area contributed by atoms with Crippen molar-refractivity contribution in [2.75, 3.05) is 50.7 Å². The first-order valence-corrected chi connectivity index (χ1v) is 9.49. The fourth-order valence-electron chi connectivity index (χ4n) is 3.98. The van der Waals surface area contributed by atoms with Crippen molar-refractivity contribution in [3.05, 3.63) is 24.4 Å². The first kappa shape index (κ1) is 16.7. The van der Waals surface area contributed by atoms with Gasteiger partial charge in [0.2, 0.25) is 0 Å². The Morgan fingerprint density at radius 3 is 2.30 bits per heavy atom. The molecule has 1 aromatic heterocycles. The van der Waals surface area contributed by atoms with Crippen LogP contribution in [0.2, 0.25) is 0 Å². The third-order valence-corrected chi connectivity index (χ3v) is 5.44. The molecule has 4 nitrogen and oxygen atoms in total. The quantitative estimate of drug-likeness (QED) is 0.833. The van der Waals surface area contributed by atoms with Gasteiger partial charge >= 0.3 is 0 Å². The lowest BCUT2D eigenvalue weighted by atomic mass is 10.1. The van der Waals surface area contributed by atoms with E-state index in [1.807, 2.05) is 12.3 Å². The summed E-state index contributed by atoms with van der Waals surface area (Å²) >= 11 is 0. The summed E-state index contributed by atoms with van der Waals surface area (Å²) < 4.78 is 0. The van der Waals surface area contributed by atoms with E-state index in [0.717, 1.165) is 24.9 Å². The number of pyridine rings is 1. The van der Waals surface area contributed by atoms with Gasteiger partial charge in [0, 0.05) is 45.0 Å². The topological polar surface area (TPSA) is 22.6 Å². The van der Waals surface area contributed by atoms with Gasteiger partial charge in [-0.2, -0.15) is 0 Å². The molecule has 0 radical (unpaired) electrons. The van der Waals surface area contributed by atoms with Gasteiger partial charge in [0.25, 0.3) is 0 Å². The maximum Gasteiger partial charge on any atom is 0.128 e. The molecule has 0 N–H and O–H groups in total. The number of nitrogens with zero attached hydrogens (tertiary/aromatic N) is 4. The van der Waals surface area contributed by atoms with Crippen LogP contribution >= 0.6 is 0 Å². The summed E-state index contributed by atoms with van der Waals surface area (Å²) in [6, 6.07) is 6.93. The predicted molar refractivity (Wildman–Crippen MR) is 97.0 cm³/mol. The fourth-order valence-corrected chi connectivity index (χ4v) is 3.98. The van der Waals surface area contributed by atoms with E-state index in [9.17, 15) is 0 Å². The van der Waals surface area contributed by atoms with E-state index >= 15 is 0 Å². The smallest absolute Gasteiger partial charge is 0.128 e. The summed E-state index contributed by atoms with van der Waals surface area (Å²) in [6.07, 6.45) is 8.80. The minimum absolute atomic E-state index is 0.721. The van der Waals surface area contributed by atoms with Gasteiger partial charge in [0.05, 0.1) is 0 Å². The fraction of sp³-hybridized carbons (Fsp3) is 0.737. The lowest BCUT2D eigenvalue weighted by molar-refractivity contribution is 0.129. The molecule has 1 unspecified atom stereocenters. The van der Waals surface area contributed by atoms with Gasteiger partial charge in [-0.25, -0.2) is 4.98 Å². The summed E-state index contributed by atoms with van der Waals surface area (Å²) in [5.41, 5.74) is 0. The molecule has 4 heteroatoms. The van der Waals surface area contributed by atoms with Crippen molar-refractivity contribution < 1.29 is 0 Å². The number of likely N-dealkylation sites (tertiary alicyclic amines) is 1. The summed E-state index contributed by atoms with van der Waals surface area (Å²) in [6.45, 7) is 10.8. The van der Waals surface area contributed by atoms with Crippen molar-refractivity contribution >= 4 is 5.82 Å². The third kappa shape index (κ3) is 4.67. The lowest BCUT2D eigenvalue weighted by Crippen LogP contribution is -2.53. The molecule has 2 saturated heterocycles. The molecule has 2 aliphatic rings. The average molecular weight is 316 g/mol. The normalized spacial score (nSPS) is 22.7. The summed E-state index contributed by atoms with van der Waals surface area (Å²) in [5.74, 6) is 1.13. The standard InChI is InChI=1S/C19H32N4/c1-2-18(17-21-11-7-3-4-8-12-21)22-13-15-23(16-14-22)19-9-5-6-10-20-19/h5-6,9-10,18H,2-4,7-8,11-17H2,1H3. The Morgan fingerprint density at radius 2 is 1.70 bits per heavy atom. The van der Waals surface area contributed by atoms with Gasteiger partial charge in [-0.05, 0) is 44.5 Å². The van der Waals surface area contributed by atoms with Gasteiger partial charge in [0.15, 0.2) is 0 Å². The maximum absolute atomic E-state index is 4.50. The van der Waals surface area contributed by atoms with Gasteiger partial charge in [-0.15, -0.1) is 0 Å². The Morgan fingerprint density at radius 1 is 0.957 bits per heavy atom. The largest absolute Gasteiger partial charge is 0.354 e. The van der Waals surface area contributed by atoms with E-state index < -0.39 is 0 Å². The van der Waals surface area contributed by atoms with Crippen LogP contribution in [0.4, 0.5) is 5.82 Å². The van der Waals surface area contributed by atoms with Gasteiger partial charge in [-0.1, -0.05) is 25.8 Å². The number of anilines is 1. The van der Waals surface area contributed by atoms with Crippen LogP contribution in [0.15, 0.2) is 24.4 Å². The number of piperazine rings is 1. The molecule has 128 valence electrons. The molecule has 3 rings (SSSR count). The van der Waals surface area contributed by atoms with Gasteiger partial charge < -0.3 is 9.80 Å². The molecule has 0 amide bonds. The van der Waals surface area contributed by atoms with Crippen LogP contribution in [-0.4, -0.2) is 66.6 Å². The first-order valence-electron chi connectivity index (χ1n) is 9.49. The van der Waals surface area contributed by atoms with E-state index in [1.165, 1.54) is 64.8 Å². The van der Waals surface area contributed by atoms with Gasteiger partial charge in [0.1, 0.15) is 5.82 Å². The van der Waals surface area contributed by atoms with Crippen LogP contribution in [0, 0.1) is 0 Å². The van der Waals surface area contributed by atoms with Crippen LogP contribution in [-0.2, 0) is 0 Å². The number of hydrogen-bond acceptors (Lipinski definition) is 4. The Kier molecular flexibility index (Phi) is 6.29. The van der Waals surface area contributed by atoms with Crippen molar-refractivity contribution in [3.8, 4) is 0 Å². The molecule has 3 heterocycles. The molecule has 1 aromatic rings. The molecule has 0 spiro atoms. The Hall–Kier alpha value is -1.13. The SMILES string of the molecule is CCC(CN1CCCCCC1)N1CCN(c2ccccn2)CC1. The molecular formula is C19H32N4. The molecular weight excluding hydrogens is 284 g/mol. The second-order valence-corrected chi connectivity index (χ2v) is 6.99. The second-order valence-electron chi connectivity index (χ2n) is 6.99. The number of hydrogen-bond donors (Lipinski definition) is 0. The minimum Gasteiger partial charge on any atom is -0.354 e. The molecule has 2 fully saturated rings. The Labute approximate surface area is 141 Å². The monoisotopic (exact) mass is 316 g/mol. The Balaban J connectivity index is 1.50. The zero-order valence-electron chi connectivity index (χ0n) is 14.7. The summed E-state index contributed by atoms with van der Waals surface area (Å²) in [5, 5.41) is 0. The zero-order valence-corrected chi connectivity index (χ0v) is 14.7. The molecule has 0 saturated carbocycles. The van der Waals surface area contributed by atoms with Crippen LogP contribution in [0.25, 0.3) is 0 Å². The first-order chi connectivity index (χ1) is 11.4. The number of aromatic nitrogens is 1. The van der Waals surface area contributed by atoms with E-state index in [4.69, 9.17) is 0 Å². The molecule has 0 bridgehead atoms. The molecule has 2 aliphatic heterocycles. The van der Waals surface area contributed by atoms with Crippen LogP contribution in [0.3, 0.4) is 0 Å². The second kappa shape index (κ2) is 8.65.